The maximum absolute atomic E-state index is 14.0. The molecule has 3 nitrogen and oxygen atoms in total. The average molecular weight is 261 g/mol. The molecule has 1 aliphatic rings. The summed E-state index contributed by atoms with van der Waals surface area (Å²) in [6.07, 6.45) is 2.19. The maximum atomic E-state index is 14.0. The predicted octanol–water partition coefficient (Wildman–Crippen LogP) is 3.35. The lowest BCUT2D eigenvalue weighted by Gasteiger charge is -2.26. The van der Waals surface area contributed by atoms with Crippen molar-refractivity contribution in [1.82, 2.24) is 14.9 Å². The van der Waals surface area contributed by atoms with E-state index in [4.69, 9.17) is 0 Å². The summed E-state index contributed by atoms with van der Waals surface area (Å²) in [7, 11) is 0. The van der Waals surface area contributed by atoms with Gasteiger partial charge in [0.05, 0.1) is 11.1 Å². The number of fused-ring (bicyclic) bond motifs is 1. The zero-order valence-electron chi connectivity index (χ0n) is 11.7. The van der Waals surface area contributed by atoms with Gasteiger partial charge in [-0.3, -0.25) is 0 Å². The fourth-order valence-electron chi connectivity index (χ4n) is 3.08. The summed E-state index contributed by atoms with van der Waals surface area (Å²) in [6.45, 7) is 7.40. The summed E-state index contributed by atoms with van der Waals surface area (Å²) < 4.78 is 16.1. The molecule has 0 aliphatic carbocycles. The third-order valence-corrected chi connectivity index (χ3v) is 4.05. The lowest BCUT2D eigenvalue weighted by molar-refractivity contribution is 0.378. The quantitative estimate of drug-likeness (QED) is 0.898. The van der Waals surface area contributed by atoms with Gasteiger partial charge in [-0.25, -0.2) is 9.37 Å². The van der Waals surface area contributed by atoms with Crippen molar-refractivity contribution in [3.05, 3.63) is 29.8 Å². The van der Waals surface area contributed by atoms with Crippen LogP contribution in [0.25, 0.3) is 11.0 Å². The standard InChI is InChI=1S/C15H20FN3/c1-10(2)19-12-7-4-6-11(16)13(12)18-14(19)15(3)8-5-9-17-15/h4,6-7,10,17H,5,8-9H2,1-3H3. The highest BCUT2D eigenvalue weighted by Gasteiger charge is 2.36. The molecule has 1 aliphatic heterocycles. The molecule has 3 rings (SSSR count). The second-order valence-electron chi connectivity index (χ2n) is 5.87. The molecule has 1 aromatic carbocycles. The average Bonchev–Trinajstić information content (AvgIpc) is 2.94. The molecule has 0 radical (unpaired) electrons. The molecular weight excluding hydrogens is 241 g/mol. The van der Waals surface area contributed by atoms with Crippen LogP contribution in [0.3, 0.4) is 0 Å². The minimum Gasteiger partial charge on any atom is -0.324 e. The van der Waals surface area contributed by atoms with Gasteiger partial charge in [0.25, 0.3) is 0 Å². The van der Waals surface area contributed by atoms with Crippen LogP contribution < -0.4 is 5.32 Å². The van der Waals surface area contributed by atoms with E-state index >= 15 is 0 Å². The van der Waals surface area contributed by atoms with Gasteiger partial charge in [0.15, 0.2) is 5.82 Å². The molecule has 1 unspecified atom stereocenters. The van der Waals surface area contributed by atoms with Crippen LogP contribution in [0, 0.1) is 5.82 Å². The number of hydrogen-bond donors (Lipinski definition) is 1. The SMILES string of the molecule is CC(C)n1c(C2(C)CCCN2)nc2c(F)cccc21. The van der Waals surface area contributed by atoms with Gasteiger partial charge >= 0.3 is 0 Å². The van der Waals surface area contributed by atoms with Crippen LogP contribution in [0.4, 0.5) is 4.39 Å². The van der Waals surface area contributed by atoms with Crippen molar-refractivity contribution >= 4 is 11.0 Å². The molecule has 1 saturated heterocycles. The normalized spacial score (nSPS) is 23.6. The maximum Gasteiger partial charge on any atom is 0.151 e. The van der Waals surface area contributed by atoms with E-state index < -0.39 is 0 Å². The Bertz CT molecular complexity index is 609. The van der Waals surface area contributed by atoms with Gasteiger partial charge in [-0.15, -0.1) is 0 Å². The van der Waals surface area contributed by atoms with Crippen molar-refractivity contribution in [3.63, 3.8) is 0 Å². The Morgan fingerprint density at radius 1 is 1.42 bits per heavy atom. The first kappa shape index (κ1) is 12.6. The van der Waals surface area contributed by atoms with Crippen molar-refractivity contribution in [2.75, 3.05) is 6.54 Å². The summed E-state index contributed by atoms with van der Waals surface area (Å²) in [5.41, 5.74) is 1.23. The van der Waals surface area contributed by atoms with Crippen LogP contribution in [0.1, 0.15) is 45.5 Å². The van der Waals surface area contributed by atoms with Crippen LogP contribution in [-0.4, -0.2) is 16.1 Å². The van der Waals surface area contributed by atoms with Gasteiger partial charge in [0.1, 0.15) is 11.3 Å². The Balaban J connectivity index is 2.29. The fraction of sp³-hybridized carbons (Fsp3) is 0.533. The molecule has 0 bridgehead atoms. The van der Waals surface area contributed by atoms with Crippen LogP contribution in [0.15, 0.2) is 18.2 Å². The minimum absolute atomic E-state index is 0.143. The summed E-state index contributed by atoms with van der Waals surface area (Å²) in [5.74, 6) is 0.722. The van der Waals surface area contributed by atoms with Gasteiger partial charge < -0.3 is 9.88 Å². The number of hydrogen-bond acceptors (Lipinski definition) is 2. The second kappa shape index (κ2) is 4.30. The number of aromatic nitrogens is 2. The first-order valence-electron chi connectivity index (χ1n) is 6.95. The highest BCUT2D eigenvalue weighted by molar-refractivity contribution is 5.77. The molecule has 4 heteroatoms. The first-order valence-corrected chi connectivity index (χ1v) is 6.95. The van der Waals surface area contributed by atoms with E-state index in [1.807, 2.05) is 6.07 Å². The van der Waals surface area contributed by atoms with E-state index in [0.29, 0.717) is 5.52 Å². The van der Waals surface area contributed by atoms with Gasteiger partial charge in [0, 0.05) is 6.04 Å². The molecule has 1 atom stereocenters. The first-order chi connectivity index (χ1) is 9.03. The van der Waals surface area contributed by atoms with Gasteiger partial charge in [-0.1, -0.05) is 6.07 Å². The van der Waals surface area contributed by atoms with Crippen LogP contribution in [0.2, 0.25) is 0 Å². The van der Waals surface area contributed by atoms with Crippen LogP contribution in [-0.2, 0) is 5.54 Å². The Hall–Kier alpha value is -1.42. The summed E-state index contributed by atoms with van der Waals surface area (Å²) in [5, 5.41) is 3.52. The summed E-state index contributed by atoms with van der Waals surface area (Å²) in [6, 6.07) is 5.45. The third-order valence-electron chi connectivity index (χ3n) is 4.05. The number of halogens is 1. The van der Waals surface area contributed by atoms with E-state index in [1.54, 1.807) is 6.07 Å². The van der Waals surface area contributed by atoms with Crippen molar-refractivity contribution in [1.29, 1.82) is 0 Å². The highest BCUT2D eigenvalue weighted by atomic mass is 19.1. The van der Waals surface area contributed by atoms with Crippen molar-refractivity contribution in [3.8, 4) is 0 Å². The van der Waals surface area contributed by atoms with Gasteiger partial charge in [0.2, 0.25) is 0 Å². The third kappa shape index (κ3) is 1.86. The molecule has 102 valence electrons. The van der Waals surface area contributed by atoms with Crippen molar-refractivity contribution in [2.45, 2.75) is 45.2 Å². The number of rotatable bonds is 2. The zero-order valence-corrected chi connectivity index (χ0v) is 11.7. The highest BCUT2D eigenvalue weighted by Crippen LogP contribution is 2.34. The molecule has 1 N–H and O–H groups in total. The molecular formula is C15H20FN3. The largest absolute Gasteiger partial charge is 0.324 e. The molecule has 1 fully saturated rings. The Morgan fingerprint density at radius 2 is 2.21 bits per heavy atom. The summed E-state index contributed by atoms with van der Waals surface area (Å²) in [4.78, 5) is 4.61. The number of para-hydroxylation sites is 1. The minimum atomic E-state index is -0.236. The predicted molar refractivity (Wildman–Crippen MR) is 74.7 cm³/mol. The van der Waals surface area contributed by atoms with Gasteiger partial charge in [-0.05, 0) is 52.3 Å². The Kier molecular flexibility index (Phi) is 2.86. The molecule has 2 aromatic rings. The number of imidazole rings is 1. The monoisotopic (exact) mass is 261 g/mol. The van der Waals surface area contributed by atoms with Crippen LogP contribution in [0.5, 0.6) is 0 Å². The topological polar surface area (TPSA) is 29.9 Å². The zero-order chi connectivity index (χ0) is 13.6. The van der Waals surface area contributed by atoms with Crippen molar-refractivity contribution < 1.29 is 4.39 Å². The smallest absolute Gasteiger partial charge is 0.151 e. The second-order valence-corrected chi connectivity index (χ2v) is 5.87. The number of nitrogens with zero attached hydrogens (tertiary/aromatic N) is 2. The van der Waals surface area contributed by atoms with Crippen molar-refractivity contribution in [2.24, 2.45) is 0 Å². The molecule has 0 spiro atoms. The Morgan fingerprint density at radius 3 is 2.84 bits per heavy atom. The molecule has 0 saturated carbocycles. The molecule has 0 amide bonds. The summed E-state index contributed by atoms with van der Waals surface area (Å²) >= 11 is 0. The van der Waals surface area contributed by atoms with E-state index in [1.165, 1.54) is 6.07 Å². The van der Waals surface area contributed by atoms with Gasteiger partial charge in [-0.2, -0.15) is 0 Å². The molecule has 2 heterocycles. The number of nitrogens with one attached hydrogen (secondary N) is 1. The van der Waals surface area contributed by atoms with E-state index in [2.05, 4.69) is 35.6 Å². The van der Waals surface area contributed by atoms with E-state index in [9.17, 15) is 4.39 Å². The lowest BCUT2D eigenvalue weighted by Crippen LogP contribution is -2.36. The van der Waals surface area contributed by atoms with E-state index in [0.717, 1.165) is 30.7 Å². The fourth-order valence-corrected chi connectivity index (χ4v) is 3.08. The number of benzene rings is 1. The lowest BCUT2D eigenvalue weighted by atomic mass is 9.99. The Labute approximate surface area is 112 Å². The van der Waals surface area contributed by atoms with E-state index in [-0.39, 0.29) is 17.4 Å². The molecule has 1 aromatic heterocycles. The van der Waals surface area contributed by atoms with Crippen LogP contribution >= 0.6 is 0 Å². The molecule has 19 heavy (non-hydrogen) atoms.